The average Bonchev–Trinajstić information content (AvgIpc) is 2.46. The number of fused-ring (bicyclic) bond motifs is 1. The number of hydrogen-bond acceptors (Lipinski definition) is 3. The van der Waals surface area contributed by atoms with Crippen LogP contribution in [-0.4, -0.2) is 17.8 Å². The first-order chi connectivity index (χ1) is 9.24. The number of benzene rings is 1. The Morgan fingerprint density at radius 1 is 1.42 bits per heavy atom. The lowest BCUT2D eigenvalue weighted by Crippen LogP contribution is -2.42. The van der Waals surface area contributed by atoms with Crippen LogP contribution in [0.15, 0.2) is 24.3 Å². The van der Waals surface area contributed by atoms with Gasteiger partial charge in [0.25, 0.3) is 0 Å². The molecule has 0 fully saturated rings. The molecule has 3 nitrogen and oxygen atoms in total. The molecular formula is C16H21NO2. The molecule has 0 radical (unpaired) electrons. The van der Waals surface area contributed by atoms with Crippen molar-refractivity contribution in [3.63, 3.8) is 0 Å². The highest BCUT2D eigenvalue weighted by Gasteiger charge is 2.43. The average molecular weight is 259 g/mol. The second kappa shape index (κ2) is 6.08. The molecule has 0 saturated heterocycles. The summed E-state index contributed by atoms with van der Waals surface area (Å²) in [5.41, 5.74) is 0.0375. The summed E-state index contributed by atoms with van der Waals surface area (Å²) in [6.45, 7) is 2.63. The highest BCUT2D eigenvalue weighted by atomic mass is 16.5. The van der Waals surface area contributed by atoms with E-state index in [0.717, 1.165) is 30.6 Å². The number of hydrogen-bond donors (Lipinski definition) is 1. The van der Waals surface area contributed by atoms with Gasteiger partial charge in [0, 0.05) is 12.0 Å². The smallest absolute Gasteiger partial charge is 0.124 e. The summed E-state index contributed by atoms with van der Waals surface area (Å²) in [5.74, 6) is 0.741. The molecule has 1 heterocycles. The van der Waals surface area contributed by atoms with E-state index in [1.807, 2.05) is 24.3 Å². The second-order valence-electron chi connectivity index (χ2n) is 5.19. The molecule has 1 aliphatic rings. The van der Waals surface area contributed by atoms with Crippen LogP contribution < -0.4 is 4.74 Å². The quantitative estimate of drug-likeness (QED) is 0.826. The van der Waals surface area contributed by atoms with Crippen LogP contribution in [0, 0.1) is 11.3 Å². The topological polar surface area (TPSA) is 53.2 Å². The van der Waals surface area contributed by atoms with E-state index in [0.29, 0.717) is 19.4 Å². The summed E-state index contributed by atoms with van der Waals surface area (Å²) in [6.07, 6.45) is 3.80. The zero-order valence-corrected chi connectivity index (χ0v) is 11.4. The molecule has 0 spiro atoms. The van der Waals surface area contributed by atoms with Crippen molar-refractivity contribution in [3.05, 3.63) is 29.8 Å². The fourth-order valence-electron chi connectivity index (χ4n) is 2.79. The summed E-state index contributed by atoms with van der Waals surface area (Å²) < 4.78 is 5.59. The molecule has 1 aromatic rings. The summed E-state index contributed by atoms with van der Waals surface area (Å²) in [7, 11) is 0. The molecule has 2 rings (SSSR count). The van der Waals surface area contributed by atoms with Gasteiger partial charge >= 0.3 is 0 Å². The van der Waals surface area contributed by atoms with Crippen LogP contribution in [0.4, 0.5) is 0 Å². The summed E-state index contributed by atoms with van der Waals surface area (Å²) in [4.78, 5) is 0. The molecule has 2 unspecified atom stereocenters. The van der Waals surface area contributed by atoms with Crippen LogP contribution in [0.25, 0.3) is 0 Å². The number of aliphatic hydroxyl groups excluding tert-OH is 1. The van der Waals surface area contributed by atoms with E-state index in [9.17, 15) is 10.4 Å². The molecule has 1 aliphatic heterocycles. The van der Waals surface area contributed by atoms with Crippen molar-refractivity contribution in [2.75, 3.05) is 6.61 Å². The van der Waals surface area contributed by atoms with Gasteiger partial charge in [-0.1, -0.05) is 44.4 Å². The van der Waals surface area contributed by atoms with Crippen LogP contribution in [-0.2, 0) is 5.41 Å². The normalized spacial score (nSPS) is 23.0. The molecule has 102 valence electrons. The van der Waals surface area contributed by atoms with E-state index in [-0.39, 0.29) is 0 Å². The van der Waals surface area contributed by atoms with Gasteiger partial charge < -0.3 is 9.84 Å². The standard InChI is InChI=1S/C16H21NO2/c1-2-3-4-9-15(18)16(12-17)10-11-19-14-8-6-5-7-13(14)16/h5-8,15,18H,2-4,9-11H2,1H3. The molecule has 0 saturated carbocycles. The molecule has 0 amide bonds. The van der Waals surface area contributed by atoms with Crippen molar-refractivity contribution in [1.29, 1.82) is 5.26 Å². The van der Waals surface area contributed by atoms with Crippen LogP contribution in [0.3, 0.4) is 0 Å². The summed E-state index contributed by atoms with van der Waals surface area (Å²) in [5, 5.41) is 20.2. The number of para-hydroxylation sites is 1. The monoisotopic (exact) mass is 259 g/mol. The Bertz CT molecular complexity index is 466. The Kier molecular flexibility index (Phi) is 4.44. The number of aliphatic hydroxyl groups is 1. The lowest BCUT2D eigenvalue weighted by atomic mass is 9.71. The molecule has 3 heteroatoms. The summed E-state index contributed by atoms with van der Waals surface area (Å²) >= 11 is 0. The minimum atomic E-state index is -0.803. The minimum absolute atomic E-state index is 0.495. The van der Waals surface area contributed by atoms with Crippen molar-refractivity contribution >= 4 is 0 Å². The Morgan fingerprint density at radius 2 is 2.21 bits per heavy atom. The maximum atomic E-state index is 10.5. The van der Waals surface area contributed by atoms with Crippen LogP contribution in [0.1, 0.15) is 44.6 Å². The van der Waals surface area contributed by atoms with Crippen molar-refractivity contribution in [1.82, 2.24) is 0 Å². The predicted octanol–water partition coefficient (Wildman–Crippen LogP) is 3.17. The maximum absolute atomic E-state index is 10.5. The fourth-order valence-corrected chi connectivity index (χ4v) is 2.79. The van der Waals surface area contributed by atoms with Crippen molar-refractivity contribution in [3.8, 4) is 11.8 Å². The van der Waals surface area contributed by atoms with Gasteiger partial charge in [0.2, 0.25) is 0 Å². The Balaban J connectivity index is 2.26. The number of rotatable bonds is 5. The van der Waals surface area contributed by atoms with Crippen molar-refractivity contribution in [2.24, 2.45) is 0 Å². The van der Waals surface area contributed by atoms with E-state index >= 15 is 0 Å². The van der Waals surface area contributed by atoms with Gasteiger partial charge in [-0.05, 0) is 12.5 Å². The minimum Gasteiger partial charge on any atom is -0.493 e. The zero-order chi connectivity index (χ0) is 13.7. The largest absolute Gasteiger partial charge is 0.493 e. The predicted molar refractivity (Wildman–Crippen MR) is 74.0 cm³/mol. The fraction of sp³-hybridized carbons (Fsp3) is 0.562. The van der Waals surface area contributed by atoms with E-state index in [4.69, 9.17) is 4.74 Å². The Morgan fingerprint density at radius 3 is 2.95 bits per heavy atom. The third-order valence-electron chi connectivity index (χ3n) is 3.97. The molecule has 0 bridgehead atoms. The van der Waals surface area contributed by atoms with Crippen LogP contribution >= 0.6 is 0 Å². The summed E-state index contributed by atoms with van der Waals surface area (Å²) in [6, 6.07) is 9.95. The number of ether oxygens (including phenoxy) is 1. The molecule has 1 aromatic carbocycles. The second-order valence-corrected chi connectivity index (χ2v) is 5.19. The molecule has 2 atom stereocenters. The molecular weight excluding hydrogens is 238 g/mol. The van der Waals surface area contributed by atoms with Gasteiger partial charge in [0.05, 0.1) is 18.8 Å². The first-order valence-electron chi connectivity index (χ1n) is 7.06. The number of unbranched alkanes of at least 4 members (excludes halogenated alkanes) is 2. The van der Waals surface area contributed by atoms with Crippen molar-refractivity contribution < 1.29 is 9.84 Å². The van der Waals surface area contributed by atoms with Gasteiger partial charge in [-0.15, -0.1) is 0 Å². The molecule has 1 N–H and O–H groups in total. The van der Waals surface area contributed by atoms with Gasteiger partial charge in [-0.25, -0.2) is 0 Å². The molecule has 19 heavy (non-hydrogen) atoms. The number of nitriles is 1. The third kappa shape index (κ3) is 2.59. The lowest BCUT2D eigenvalue weighted by molar-refractivity contribution is 0.0717. The Hall–Kier alpha value is -1.53. The van der Waals surface area contributed by atoms with Gasteiger partial charge in [0.15, 0.2) is 0 Å². The SMILES string of the molecule is CCCCCC(O)C1(C#N)CCOc2ccccc21. The van der Waals surface area contributed by atoms with E-state index in [2.05, 4.69) is 13.0 Å². The molecule has 0 aliphatic carbocycles. The van der Waals surface area contributed by atoms with Gasteiger partial charge in [-0.2, -0.15) is 5.26 Å². The van der Waals surface area contributed by atoms with Crippen LogP contribution in [0.2, 0.25) is 0 Å². The first-order valence-corrected chi connectivity index (χ1v) is 7.06. The van der Waals surface area contributed by atoms with E-state index in [1.165, 1.54) is 0 Å². The van der Waals surface area contributed by atoms with Crippen LogP contribution in [0.5, 0.6) is 5.75 Å². The zero-order valence-electron chi connectivity index (χ0n) is 11.4. The molecule has 0 aromatic heterocycles. The highest BCUT2D eigenvalue weighted by Crippen LogP contribution is 2.42. The van der Waals surface area contributed by atoms with E-state index < -0.39 is 11.5 Å². The Labute approximate surface area is 114 Å². The number of nitrogens with zero attached hydrogens (tertiary/aromatic N) is 1. The van der Waals surface area contributed by atoms with E-state index in [1.54, 1.807) is 0 Å². The van der Waals surface area contributed by atoms with Crippen molar-refractivity contribution in [2.45, 2.75) is 50.5 Å². The maximum Gasteiger partial charge on any atom is 0.124 e. The van der Waals surface area contributed by atoms with Gasteiger partial charge in [0.1, 0.15) is 11.2 Å². The lowest BCUT2D eigenvalue weighted by Gasteiger charge is -2.36. The highest BCUT2D eigenvalue weighted by molar-refractivity contribution is 5.46. The third-order valence-corrected chi connectivity index (χ3v) is 3.97. The first kappa shape index (κ1) is 13.9. The van der Waals surface area contributed by atoms with Gasteiger partial charge in [-0.3, -0.25) is 0 Å².